The summed E-state index contributed by atoms with van der Waals surface area (Å²) in [5, 5.41) is 5.17. The molecule has 1 heterocycles. The summed E-state index contributed by atoms with van der Waals surface area (Å²) in [6.45, 7) is 7.96. The molecule has 0 atom stereocenters. The highest BCUT2D eigenvalue weighted by Gasteiger charge is 2.18. The second-order valence-electron chi connectivity index (χ2n) is 6.85. The van der Waals surface area contributed by atoms with Crippen molar-refractivity contribution in [2.45, 2.75) is 34.6 Å². The molecule has 0 aliphatic heterocycles. The van der Waals surface area contributed by atoms with Crippen molar-refractivity contribution < 1.29 is 23.5 Å². The molecule has 2 aromatic rings. The fraction of sp³-hybridized carbons (Fsp3) is 0.333. The van der Waals surface area contributed by atoms with E-state index in [2.05, 4.69) is 10.6 Å². The molecular formula is C21H24N2O6. The average Bonchev–Trinajstić information content (AvgIpc) is 2.60. The Kier molecular flexibility index (Phi) is 6.93. The summed E-state index contributed by atoms with van der Waals surface area (Å²) in [7, 11) is 0. The zero-order chi connectivity index (χ0) is 21.7. The molecule has 0 radical (unpaired) electrons. The van der Waals surface area contributed by atoms with Gasteiger partial charge in [-0.25, -0.2) is 9.59 Å². The van der Waals surface area contributed by atoms with Gasteiger partial charge >= 0.3 is 11.6 Å². The summed E-state index contributed by atoms with van der Waals surface area (Å²) in [5.41, 5.74) is 3.58. The third kappa shape index (κ3) is 5.78. The summed E-state index contributed by atoms with van der Waals surface area (Å²) in [4.78, 5) is 47.4. The highest BCUT2D eigenvalue weighted by atomic mass is 16.5. The molecule has 2 N–H and O–H groups in total. The lowest BCUT2D eigenvalue weighted by Crippen LogP contribution is -2.36. The van der Waals surface area contributed by atoms with Crippen molar-refractivity contribution in [1.82, 2.24) is 5.32 Å². The number of carbonyl (C=O) groups excluding carboxylic acids is 3. The Bertz CT molecular complexity index is 973. The van der Waals surface area contributed by atoms with Gasteiger partial charge in [-0.3, -0.25) is 9.59 Å². The van der Waals surface area contributed by atoms with E-state index in [-0.39, 0.29) is 17.9 Å². The normalized spacial score (nSPS) is 10.4. The van der Waals surface area contributed by atoms with Crippen molar-refractivity contribution in [3.8, 4) is 0 Å². The van der Waals surface area contributed by atoms with Crippen molar-refractivity contribution in [3.63, 3.8) is 0 Å². The van der Waals surface area contributed by atoms with Gasteiger partial charge in [0.05, 0.1) is 6.54 Å². The van der Waals surface area contributed by atoms with E-state index in [0.717, 1.165) is 16.7 Å². The first-order valence-electron chi connectivity index (χ1n) is 9.01. The number of hydrogen-bond donors (Lipinski definition) is 2. The lowest BCUT2D eigenvalue weighted by Gasteiger charge is -2.13. The van der Waals surface area contributed by atoms with Gasteiger partial charge in [-0.15, -0.1) is 0 Å². The molecule has 2 rings (SSSR count). The topological polar surface area (TPSA) is 115 Å². The van der Waals surface area contributed by atoms with Crippen LogP contribution in [-0.2, 0) is 14.3 Å². The first-order chi connectivity index (χ1) is 13.6. The summed E-state index contributed by atoms with van der Waals surface area (Å²) in [6.07, 6.45) is 0. The number of carbonyl (C=O) groups is 3. The predicted octanol–water partition coefficient (Wildman–Crippen LogP) is 2.09. The zero-order valence-electron chi connectivity index (χ0n) is 17.1. The van der Waals surface area contributed by atoms with Gasteiger partial charge in [0.15, 0.2) is 6.61 Å². The van der Waals surface area contributed by atoms with Crippen LogP contribution in [-0.4, -0.2) is 30.9 Å². The van der Waals surface area contributed by atoms with Gasteiger partial charge in [-0.2, -0.15) is 0 Å². The molecular weight excluding hydrogens is 376 g/mol. The van der Waals surface area contributed by atoms with E-state index in [4.69, 9.17) is 9.15 Å². The number of aryl methyl sites for hydroxylation is 5. The monoisotopic (exact) mass is 400 g/mol. The standard InChI is InChI=1S/C21H24N2O6/c1-11-6-13(3)20(14(4)7-11)23-16(24)9-22-17(25)10-28-21(27)19-12(2)8-18(26)29-15(19)5/h6-8H,9-10H2,1-5H3,(H,22,25)(H,23,24). The highest BCUT2D eigenvalue weighted by Crippen LogP contribution is 2.21. The van der Waals surface area contributed by atoms with Crippen molar-refractivity contribution in [1.29, 1.82) is 0 Å². The number of ether oxygens (including phenoxy) is 1. The number of amides is 2. The van der Waals surface area contributed by atoms with Crippen LogP contribution in [0.2, 0.25) is 0 Å². The van der Waals surface area contributed by atoms with Gasteiger partial charge in [0.2, 0.25) is 5.91 Å². The van der Waals surface area contributed by atoms with Gasteiger partial charge in [-0.1, -0.05) is 17.7 Å². The van der Waals surface area contributed by atoms with Crippen LogP contribution >= 0.6 is 0 Å². The summed E-state index contributed by atoms with van der Waals surface area (Å²) >= 11 is 0. The van der Waals surface area contributed by atoms with Crippen molar-refractivity contribution >= 4 is 23.5 Å². The summed E-state index contributed by atoms with van der Waals surface area (Å²) < 4.78 is 9.82. The van der Waals surface area contributed by atoms with Crippen LogP contribution in [0.4, 0.5) is 5.69 Å². The van der Waals surface area contributed by atoms with E-state index in [1.807, 2.05) is 32.9 Å². The SMILES string of the molecule is Cc1cc(C)c(NC(=O)CNC(=O)COC(=O)c2c(C)cc(=O)oc2C)c(C)c1. The van der Waals surface area contributed by atoms with Crippen LogP contribution in [0.3, 0.4) is 0 Å². The van der Waals surface area contributed by atoms with E-state index >= 15 is 0 Å². The number of hydrogen-bond acceptors (Lipinski definition) is 6. The van der Waals surface area contributed by atoms with Crippen LogP contribution in [0.5, 0.6) is 0 Å². The van der Waals surface area contributed by atoms with E-state index in [1.165, 1.54) is 13.0 Å². The Morgan fingerprint density at radius 2 is 1.55 bits per heavy atom. The molecule has 154 valence electrons. The first kappa shape index (κ1) is 21.9. The second-order valence-corrected chi connectivity index (χ2v) is 6.85. The Morgan fingerprint density at radius 3 is 2.14 bits per heavy atom. The highest BCUT2D eigenvalue weighted by molar-refractivity contribution is 5.97. The van der Waals surface area contributed by atoms with Crippen molar-refractivity contribution in [2.24, 2.45) is 0 Å². The lowest BCUT2D eigenvalue weighted by atomic mass is 10.1. The number of anilines is 1. The lowest BCUT2D eigenvalue weighted by molar-refractivity contribution is -0.126. The molecule has 1 aromatic carbocycles. The fourth-order valence-electron chi connectivity index (χ4n) is 3.06. The van der Waals surface area contributed by atoms with E-state index in [1.54, 1.807) is 6.92 Å². The minimum Gasteiger partial charge on any atom is -0.452 e. The van der Waals surface area contributed by atoms with Gasteiger partial charge in [0, 0.05) is 11.8 Å². The van der Waals surface area contributed by atoms with Crippen LogP contribution < -0.4 is 16.3 Å². The Morgan fingerprint density at radius 1 is 0.931 bits per heavy atom. The molecule has 0 aliphatic carbocycles. The van der Waals surface area contributed by atoms with Crippen LogP contribution in [0.1, 0.15) is 38.4 Å². The Hall–Kier alpha value is -3.42. The van der Waals surface area contributed by atoms with Gasteiger partial charge in [0.25, 0.3) is 5.91 Å². The average molecular weight is 400 g/mol. The smallest absolute Gasteiger partial charge is 0.342 e. The van der Waals surface area contributed by atoms with E-state index < -0.39 is 30.0 Å². The maximum Gasteiger partial charge on any atom is 0.342 e. The largest absolute Gasteiger partial charge is 0.452 e. The minimum atomic E-state index is -0.783. The molecule has 2 amide bonds. The van der Waals surface area contributed by atoms with Crippen molar-refractivity contribution in [3.05, 3.63) is 62.2 Å². The third-order valence-corrected chi connectivity index (χ3v) is 4.26. The number of benzene rings is 1. The van der Waals surface area contributed by atoms with E-state index in [0.29, 0.717) is 11.3 Å². The molecule has 0 saturated heterocycles. The summed E-state index contributed by atoms with van der Waals surface area (Å²) in [6, 6.07) is 5.08. The van der Waals surface area contributed by atoms with Gasteiger partial charge < -0.3 is 19.8 Å². The zero-order valence-corrected chi connectivity index (χ0v) is 17.1. The van der Waals surface area contributed by atoms with Crippen LogP contribution in [0.25, 0.3) is 0 Å². The molecule has 8 nitrogen and oxygen atoms in total. The first-order valence-corrected chi connectivity index (χ1v) is 9.01. The van der Waals surface area contributed by atoms with Crippen LogP contribution in [0.15, 0.2) is 27.4 Å². The number of nitrogens with one attached hydrogen (secondary N) is 2. The molecule has 0 aliphatic rings. The third-order valence-electron chi connectivity index (χ3n) is 4.26. The maximum absolute atomic E-state index is 12.1. The Balaban J connectivity index is 1.87. The molecule has 0 saturated carbocycles. The van der Waals surface area contributed by atoms with Gasteiger partial charge in [-0.05, 0) is 51.3 Å². The summed E-state index contributed by atoms with van der Waals surface area (Å²) in [5.74, 6) is -1.69. The number of rotatable bonds is 6. The molecule has 29 heavy (non-hydrogen) atoms. The van der Waals surface area contributed by atoms with Gasteiger partial charge in [0.1, 0.15) is 11.3 Å². The molecule has 0 bridgehead atoms. The molecule has 8 heteroatoms. The number of esters is 1. The maximum atomic E-state index is 12.1. The molecule has 1 aromatic heterocycles. The predicted molar refractivity (Wildman–Crippen MR) is 107 cm³/mol. The minimum absolute atomic E-state index is 0.0977. The second kappa shape index (κ2) is 9.18. The molecule has 0 fully saturated rings. The quantitative estimate of drug-likeness (QED) is 0.718. The molecule has 0 unspecified atom stereocenters. The van der Waals surface area contributed by atoms with E-state index in [9.17, 15) is 19.2 Å². The fourth-order valence-corrected chi connectivity index (χ4v) is 3.06. The van der Waals surface area contributed by atoms with Crippen LogP contribution in [0, 0.1) is 34.6 Å². The van der Waals surface area contributed by atoms with Crippen molar-refractivity contribution in [2.75, 3.05) is 18.5 Å². The molecule has 0 spiro atoms. The Labute approximate surface area is 168 Å².